The van der Waals surface area contributed by atoms with Crippen molar-refractivity contribution >= 4 is 8.32 Å². The third-order valence-corrected chi connectivity index (χ3v) is 8.81. The van der Waals surface area contributed by atoms with Gasteiger partial charge in [-0.05, 0) is 24.6 Å². The van der Waals surface area contributed by atoms with Crippen LogP contribution in [0.3, 0.4) is 0 Å². The molecular weight excluding hydrogens is 236 g/mol. The first-order valence-electron chi connectivity index (χ1n) is 7.95. The Balaban J connectivity index is 3.41. The zero-order chi connectivity index (χ0) is 14.1. The Morgan fingerprint density at radius 2 is 1.22 bits per heavy atom. The summed E-state index contributed by atoms with van der Waals surface area (Å²) in [7, 11) is -1.49. The number of unbranched alkanes of at least 4 members (excludes halogenated alkanes) is 7. The predicted octanol–water partition coefficient (Wildman–Crippen LogP) is 6.15. The summed E-state index contributed by atoms with van der Waals surface area (Å²) < 4.78 is 6.18. The molecule has 0 aliphatic heterocycles. The first kappa shape index (κ1) is 18.2. The van der Waals surface area contributed by atoms with E-state index in [1.54, 1.807) is 0 Å². The monoisotopic (exact) mass is 272 g/mol. The molecule has 0 aliphatic carbocycles. The van der Waals surface area contributed by atoms with Crippen LogP contribution < -0.4 is 0 Å². The lowest BCUT2D eigenvalue weighted by molar-refractivity contribution is 0.277. The van der Waals surface area contributed by atoms with Crippen LogP contribution in [-0.2, 0) is 4.43 Å². The zero-order valence-corrected chi connectivity index (χ0v) is 14.8. The van der Waals surface area contributed by atoms with E-state index >= 15 is 0 Å². The van der Waals surface area contributed by atoms with Crippen molar-refractivity contribution < 1.29 is 4.43 Å². The van der Waals surface area contributed by atoms with Crippen LogP contribution >= 0.6 is 0 Å². The van der Waals surface area contributed by atoms with Gasteiger partial charge in [0.2, 0.25) is 0 Å². The van der Waals surface area contributed by atoms with Crippen LogP contribution in [0.1, 0.15) is 79.1 Å². The largest absolute Gasteiger partial charge is 0.417 e. The minimum atomic E-state index is -1.49. The molecule has 110 valence electrons. The van der Waals surface area contributed by atoms with Crippen molar-refractivity contribution in [3.8, 4) is 0 Å². The van der Waals surface area contributed by atoms with Crippen LogP contribution in [0.25, 0.3) is 0 Å². The van der Waals surface area contributed by atoms with E-state index in [1.807, 2.05) is 0 Å². The lowest BCUT2D eigenvalue weighted by Crippen LogP contribution is -2.40. The molecule has 0 aromatic heterocycles. The van der Waals surface area contributed by atoms with E-state index < -0.39 is 8.32 Å². The molecule has 0 N–H and O–H groups in total. The molecule has 0 rings (SSSR count). The Bertz CT molecular complexity index is 194. The second kappa shape index (κ2) is 9.14. The smallest absolute Gasteiger partial charge is 0.191 e. The molecule has 0 spiro atoms. The molecular formula is C16H36OSi. The highest BCUT2D eigenvalue weighted by Gasteiger charge is 2.36. The summed E-state index contributed by atoms with van der Waals surface area (Å²) in [6.45, 7) is 14.9. The first-order valence-corrected chi connectivity index (χ1v) is 10.9. The van der Waals surface area contributed by atoms with Gasteiger partial charge in [0.1, 0.15) is 0 Å². The van der Waals surface area contributed by atoms with Crippen molar-refractivity contribution in [2.75, 3.05) is 6.61 Å². The lowest BCUT2D eigenvalue weighted by Gasteiger charge is -2.36. The Morgan fingerprint density at radius 1 is 0.778 bits per heavy atom. The maximum Gasteiger partial charge on any atom is 0.191 e. The molecule has 0 aromatic carbocycles. The third kappa shape index (κ3) is 8.31. The average molecular weight is 273 g/mol. The Kier molecular flexibility index (Phi) is 9.23. The van der Waals surface area contributed by atoms with E-state index in [-0.39, 0.29) is 0 Å². The molecule has 2 heteroatoms. The number of hydrogen-bond donors (Lipinski definition) is 0. The molecule has 0 heterocycles. The standard InChI is InChI=1S/C16H36OSi/c1-7-8-9-10-11-12-13-14-15-17-18(5,6)16(2,3)4/h7-15H2,1-6H3. The van der Waals surface area contributed by atoms with Gasteiger partial charge in [0.25, 0.3) is 0 Å². The first-order chi connectivity index (χ1) is 8.31. The maximum atomic E-state index is 6.18. The molecule has 0 aliphatic rings. The van der Waals surface area contributed by atoms with E-state index in [4.69, 9.17) is 4.43 Å². The molecule has 0 saturated carbocycles. The van der Waals surface area contributed by atoms with Gasteiger partial charge in [-0.3, -0.25) is 0 Å². The fourth-order valence-electron chi connectivity index (χ4n) is 1.78. The molecule has 0 atom stereocenters. The van der Waals surface area contributed by atoms with Crippen molar-refractivity contribution in [2.45, 2.75) is 97.2 Å². The van der Waals surface area contributed by atoms with E-state index in [0.717, 1.165) is 6.61 Å². The summed E-state index contributed by atoms with van der Waals surface area (Å²) in [6.07, 6.45) is 11.0. The van der Waals surface area contributed by atoms with E-state index in [9.17, 15) is 0 Å². The number of hydrogen-bond acceptors (Lipinski definition) is 1. The minimum absolute atomic E-state index is 0.354. The predicted molar refractivity (Wildman–Crippen MR) is 85.8 cm³/mol. The van der Waals surface area contributed by atoms with Gasteiger partial charge in [0, 0.05) is 6.61 Å². The van der Waals surface area contributed by atoms with Gasteiger partial charge < -0.3 is 4.43 Å². The van der Waals surface area contributed by atoms with Gasteiger partial charge >= 0.3 is 0 Å². The molecule has 0 unspecified atom stereocenters. The topological polar surface area (TPSA) is 9.23 Å². The highest BCUT2D eigenvalue weighted by molar-refractivity contribution is 6.74. The maximum absolute atomic E-state index is 6.18. The van der Waals surface area contributed by atoms with Crippen molar-refractivity contribution in [3.63, 3.8) is 0 Å². The molecule has 0 radical (unpaired) electrons. The average Bonchev–Trinajstić information content (AvgIpc) is 2.25. The van der Waals surface area contributed by atoms with Gasteiger partial charge in [0.15, 0.2) is 8.32 Å². The Hall–Kier alpha value is 0.177. The Morgan fingerprint density at radius 3 is 1.67 bits per heavy atom. The summed E-state index contributed by atoms with van der Waals surface area (Å²) >= 11 is 0. The zero-order valence-electron chi connectivity index (χ0n) is 13.8. The number of rotatable bonds is 10. The van der Waals surface area contributed by atoms with E-state index in [1.165, 1.54) is 51.4 Å². The van der Waals surface area contributed by atoms with Crippen molar-refractivity contribution in [1.82, 2.24) is 0 Å². The van der Waals surface area contributed by atoms with Crippen LogP contribution in [0.15, 0.2) is 0 Å². The second-order valence-corrected chi connectivity index (χ2v) is 11.9. The van der Waals surface area contributed by atoms with Gasteiger partial charge in [-0.25, -0.2) is 0 Å². The summed E-state index contributed by atoms with van der Waals surface area (Å²) in [6, 6.07) is 0. The van der Waals surface area contributed by atoms with Crippen LogP contribution in [-0.4, -0.2) is 14.9 Å². The quantitative estimate of drug-likeness (QED) is 0.342. The van der Waals surface area contributed by atoms with Gasteiger partial charge in [-0.15, -0.1) is 0 Å². The van der Waals surface area contributed by atoms with Gasteiger partial charge in [-0.2, -0.15) is 0 Å². The highest BCUT2D eigenvalue weighted by Crippen LogP contribution is 2.36. The third-order valence-electron chi connectivity index (χ3n) is 4.27. The molecule has 0 amide bonds. The summed E-state index contributed by atoms with van der Waals surface area (Å²) in [5, 5.41) is 0.354. The molecule has 0 fully saturated rings. The summed E-state index contributed by atoms with van der Waals surface area (Å²) in [4.78, 5) is 0. The normalized spacial score (nSPS) is 13.0. The Labute approximate surface area is 117 Å². The van der Waals surface area contributed by atoms with Crippen LogP contribution in [0.4, 0.5) is 0 Å². The van der Waals surface area contributed by atoms with E-state index in [2.05, 4.69) is 40.8 Å². The molecule has 0 aromatic rings. The lowest BCUT2D eigenvalue weighted by atomic mass is 10.1. The summed E-state index contributed by atoms with van der Waals surface area (Å²) in [5.41, 5.74) is 0. The van der Waals surface area contributed by atoms with Crippen LogP contribution in [0, 0.1) is 0 Å². The molecule has 1 nitrogen and oxygen atoms in total. The van der Waals surface area contributed by atoms with Crippen molar-refractivity contribution in [2.24, 2.45) is 0 Å². The second-order valence-electron chi connectivity index (χ2n) is 7.08. The van der Waals surface area contributed by atoms with Crippen LogP contribution in [0.5, 0.6) is 0 Å². The highest BCUT2D eigenvalue weighted by atomic mass is 28.4. The SMILES string of the molecule is CCCCCCCCCCO[Si](C)(C)C(C)(C)C. The van der Waals surface area contributed by atoms with Gasteiger partial charge in [0.05, 0.1) is 0 Å². The van der Waals surface area contributed by atoms with Gasteiger partial charge in [-0.1, -0.05) is 72.6 Å². The fourth-order valence-corrected chi connectivity index (χ4v) is 2.87. The summed E-state index contributed by atoms with van der Waals surface area (Å²) in [5.74, 6) is 0. The van der Waals surface area contributed by atoms with E-state index in [0.29, 0.717) is 5.04 Å². The fraction of sp³-hybridized carbons (Fsp3) is 1.00. The van der Waals surface area contributed by atoms with Crippen LogP contribution in [0.2, 0.25) is 18.1 Å². The van der Waals surface area contributed by atoms with Crippen molar-refractivity contribution in [3.05, 3.63) is 0 Å². The molecule has 0 bridgehead atoms. The molecule has 18 heavy (non-hydrogen) atoms. The minimum Gasteiger partial charge on any atom is -0.417 e. The molecule has 0 saturated heterocycles. The van der Waals surface area contributed by atoms with Crippen molar-refractivity contribution in [1.29, 1.82) is 0 Å².